The summed E-state index contributed by atoms with van der Waals surface area (Å²) in [6.45, 7) is 8.11. The van der Waals surface area contributed by atoms with Crippen molar-refractivity contribution in [1.29, 1.82) is 0 Å². The first-order valence-corrected chi connectivity index (χ1v) is 5.56. The molecular weight excluding hydrogens is 180 g/mol. The molecule has 1 nitrogen and oxygen atoms in total. The highest BCUT2D eigenvalue weighted by Gasteiger charge is 2.12. The summed E-state index contributed by atoms with van der Waals surface area (Å²) in [7, 11) is 0. The molecule has 1 aromatic carbocycles. The SMILES string of the molecule is CSc1c(C)c(C)c(C)c(O)c1C. The van der Waals surface area contributed by atoms with Crippen molar-refractivity contribution in [2.24, 2.45) is 0 Å². The van der Waals surface area contributed by atoms with Crippen molar-refractivity contribution in [3.8, 4) is 5.75 Å². The van der Waals surface area contributed by atoms with Crippen LogP contribution in [-0.4, -0.2) is 11.4 Å². The number of rotatable bonds is 1. The summed E-state index contributed by atoms with van der Waals surface area (Å²) in [5.74, 6) is 0.451. The summed E-state index contributed by atoms with van der Waals surface area (Å²) in [6.07, 6.45) is 2.05. The van der Waals surface area contributed by atoms with Crippen molar-refractivity contribution in [3.63, 3.8) is 0 Å². The first-order valence-electron chi connectivity index (χ1n) is 4.34. The molecule has 0 spiro atoms. The summed E-state index contributed by atoms with van der Waals surface area (Å²) in [4.78, 5) is 1.21. The van der Waals surface area contributed by atoms with Crippen molar-refractivity contribution >= 4 is 11.8 Å². The van der Waals surface area contributed by atoms with Gasteiger partial charge in [-0.25, -0.2) is 0 Å². The number of phenolic OH excluding ortho intramolecular Hbond substituents is 1. The van der Waals surface area contributed by atoms with Gasteiger partial charge in [-0.05, 0) is 50.6 Å². The van der Waals surface area contributed by atoms with Gasteiger partial charge in [0.1, 0.15) is 5.75 Å². The quantitative estimate of drug-likeness (QED) is 0.695. The van der Waals surface area contributed by atoms with E-state index in [0.29, 0.717) is 5.75 Å². The zero-order valence-corrected chi connectivity index (χ0v) is 9.67. The molecule has 1 rings (SSSR count). The van der Waals surface area contributed by atoms with Gasteiger partial charge in [-0.15, -0.1) is 11.8 Å². The van der Waals surface area contributed by atoms with E-state index in [1.165, 1.54) is 16.0 Å². The Kier molecular flexibility index (Phi) is 2.91. The molecule has 1 aromatic rings. The third-order valence-electron chi connectivity index (χ3n) is 2.72. The van der Waals surface area contributed by atoms with E-state index in [1.54, 1.807) is 11.8 Å². The maximum absolute atomic E-state index is 9.81. The minimum absolute atomic E-state index is 0.451. The Morgan fingerprint density at radius 2 is 1.38 bits per heavy atom. The van der Waals surface area contributed by atoms with Gasteiger partial charge in [0, 0.05) is 10.5 Å². The van der Waals surface area contributed by atoms with Gasteiger partial charge in [-0.1, -0.05) is 0 Å². The fourth-order valence-corrected chi connectivity index (χ4v) is 2.47. The fraction of sp³-hybridized carbons (Fsp3) is 0.455. The second-order valence-electron chi connectivity index (χ2n) is 3.38. The molecule has 0 aliphatic rings. The second-order valence-corrected chi connectivity index (χ2v) is 4.20. The molecule has 13 heavy (non-hydrogen) atoms. The summed E-state index contributed by atoms with van der Waals surface area (Å²) in [5.41, 5.74) is 4.51. The van der Waals surface area contributed by atoms with Crippen LogP contribution in [0.2, 0.25) is 0 Å². The maximum Gasteiger partial charge on any atom is 0.122 e. The largest absolute Gasteiger partial charge is 0.507 e. The zero-order valence-electron chi connectivity index (χ0n) is 8.86. The lowest BCUT2D eigenvalue weighted by molar-refractivity contribution is 0.464. The Morgan fingerprint density at radius 1 is 0.846 bits per heavy atom. The second kappa shape index (κ2) is 3.62. The van der Waals surface area contributed by atoms with E-state index in [-0.39, 0.29) is 0 Å². The molecule has 0 bridgehead atoms. The van der Waals surface area contributed by atoms with Crippen LogP contribution in [0.25, 0.3) is 0 Å². The molecule has 0 amide bonds. The molecular formula is C11H16OS. The zero-order chi connectivity index (χ0) is 10.2. The summed E-state index contributed by atoms with van der Waals surface area (Å²) in [5, 5.41) is 9.81. The van der Waals surface area contributed by atoms with Gasteiger partial charge in [0.2, 0.25) is 0 Å². The van der Waals surface area contributed by atoms with Crippen molar-refractivity contribution in [2.75, 3.05) is 6.26 Å². The molecule has 72 valence electrons. The predicted octanol–water partition coefficient (Wildman–Crippen LogP) is 3.35. The van der Waals surface area contributed by atoms with Gasteiger partial charge in [-0.2, -0.15) is 0 Å². The van der Waals surface area contributed by atoms with Crippen molar-refractivity contribution < 1.29 is 5.11 Å². The van der Waals surface area contributed by atoms with E-state index in [4.69, 9.17) is 0 Å². The van der Waals surface area contributed by atoms with Crippen LogP contribution in [0.15, 0.2) is 4.90 Å². The van der Waals surface area contributed by atoms with Crippen LogP contribution < -0.4 is 0 Å². The number of hydrogen-bond acceptors (Lipinski definition) is 2. The third-order valence-corrected chi connectivity index (χ3v) is 3.74. The van der Waals surface area contributed by atoms with Crippen LogP contribution in [0.5, 0.6) is 5.75 Å². The molecule has 0 atom stereocenters. The highest BCUT2D eigenvalue weighted by Crippen LogP contribution is 2.36. The van der Waals surface area contributed by atoms with E-state index in [0.717, 1.165) is 11.1 Å². The average molecular weight is 196 g/mol. The van der Waals surface area contributed by atoms with Gasteiger partial charge < -0.3 is 5.11 Å². The minimum Gasteiger partial charge on any atom is -0.507 e. The Morgan fingerprint density at radius 3 is 1.85 bits per heavy atom. The van der Waals surface area contributed by atoms with Gasteiger partial charge in [-0.3, -0.25) is 0 Å². The topological polar surface area (TPSA) is 20.2 Å². The first kappa shape index (κ1) is 10.5. The highest BCUT2D eigenvalue weighted by molar-refractivity contribution is 7.98. The molecule has 0 heterocycles. The van der Waals surface area contributed by atoms with E-state index in [1.807, 2.05) is 20.1 Å². The van der Waals surface area contributed by atoms with Gasteiger partial charge in [0.15, 0.2) is 0 Å². The number of benzene rings is 1. The average Bonchev–Trinajstić information content (AvgIpc) is 2.13. The lowest BCUT2D eigenvalue weighted by Crippen LogP contribution is -1.94. The number of phenols is 1. The molecule has 0 saturated carbocycles. The molecule has 0 fully saturated rings. The Balaban J connectivity index is 3.56. The van der Waals surface area contributed by atoms with Crippen LogP contribution >= 0.6 is 11.8 Å². The van der Waals surface area contributed by atoms with Gasteiger partial charge in [0.25, 0.3) is 0 Å². The van der Waals surface area contributed by atoms with Crippen LogP contribution in [0, 0.1) is 27.7 Å². The molecule has 0 aromatic heterocycles. The van der Waals surface area contributed by atoms with Crippen LogP contribution in [-0.2, 0) is 0 Å². The van der Waals surface area contributed by atoms with Crippen molar-refractivity contribution in [2.45, 2.75) is 32.6 Å². The van der Waals surface area contributed by atoms with Crippen molar-refractivity contribution in [1.82, 2.24) is 0 Å². The lowest BCUT2D eigenvalue weighted by atomic mass is 9.99. The van der Waals surface area contributed by atoms with E-state index in [2.05, 4.69) is 13.8 Å². The normalized spacial score (nSPS) is 10.5. The minimum atomic E-state index is 0.451. The maximum atomic E-state index is 9.81. The molecule has 0 aliphatic heterocycles. The van der Waals surface area contributed by atoms with Gasteiger partial charge in [0.05, 0.1) is 0 Å². The summed E-state index contributed by atoms with van der Waals surface area (Å²) >= 11 is 1.70. The van der Waals surface area contributed by atoms with Crippen LogP contribution in [0.1, 0.15) is 22.3 Å². The molecule has 0 unspecified atom stereocenters. The third kappa shape index (κ3) is 1.55. The van der Waals surface area contributed by atoms with Crippen LogP contribution in [0.3, 0.4) is 0 Å². The van der Waals surface area contributed by atoms with Crippen molar-refractivity contribution in [3.05, 3.63) is 22.3 Å². The molecule has 1 N–H and O–H groups in total. The monoisotopic (exact) mass is 196 g/mol. The number of thioether (sulfide) groups is 1. The molecule has 0 aliphatic carbocycles. The number of hydrogen-bond donors (Lipinski definition) is 1. The van der Waals surface area contributed by atoms with Crippen LogP contribution in [0.4, 0.5) is 0 Å². The summed E-state index contributed by atoms with van der Waals surface area (Å²) < 4.78 is 0. The van der Waals surface area contributed by atoms with E-state index < -0.39 is 0 Å². The van der Waals surface area contributed by atoms with E-state index in [9.17, 15) is 5.11 Å². The fourth-order valence-electron chi connectivity index (χ4n) is 1.61. The lowest BCUT2D eigenvalue weighted by Gasteiger charge is -2.15. The standard InChI is InChI=1S/C11H16OS/c1-6-7(2)10(12)9(4)11(13-5)8(6)3/h12H,1-5H3. The molecule has 2 heteroatoms. The Bertz CT molecular complexity index is 313. The molecule has 0 radical (unpaired) electrons. The van der Waals surface area contributed by atoms with E-state index >= 15 is 0 Å². The Hall–Kier alpha value is -0.630. The first-order chi connectivity index (χ1) is 6.00. The molecule has 0 saturated heterocycles. The number of aromatic hydroxyl groups is 1. The predicted molar refractivity (Wildman–Crippen MR) is 58.8 cm³/mol. The Labute approximate surface area is 84.2 Å². The summed E-state index contributed by atoms with van der Waals surface area (Å²) in [6, 6.07) is 0. The highest BCUT2D eigenvalue weighted by atomic mass is 32.2. The smallest absolute Gasteiger partial charge is 0.122 e. The van der Waals surface area contributed by atoms with Gasteiger partial charge >= 0.3 is 0 Å².